The number of thiol groups is 1. The Bertz CT molecular complexity index is 97.7. The molecule has 0 fully saturated rings. The fourth-order valence-corrected chi connectivity index (χ4v) is 1.12. The van der Waals surface area contributed by atoms with Crippen molar-refractivity contribution in [1.82, 2.24) is 4.90 Å². The third-order valence-corrected chi connectivity index (χ3v) is 1.69. The van der Waals surface area contributed by atoms with E-state index >= 15 is 0 Å². The van der Waals surface area contributed by atoms with Crippen molar-refractivity contribution in [2.75, 3.05) is 13.1 Å². The molecule has 0 aliphatic carbocycles. The summed E-state index contributed by atoms with van der Waals surface area (Å²) in [5.74, 6) is 0. The number of thiocarbonyl (C=S) groups is 1. The lowest BCUT2D eigenvalue weighted by molar-refractivity contribution is 0.455. The average molecular weight is 190 g/mol. The lowest BCUT2D eigenvalue weighted by Crippen LogP contribution is -2.26. The van der Waals surface area contributed by atoms with Crippen LogP contribution in [0.3, 0.4) is 0 Å². The molecule has 0 atom stereocenters. The maximum Gasteiger partial charge on any atom is 0.316 e. The molecule has 0 unspecified atom stereocenters. The Balaban J connectivity index is 0. The lowest BCUT2D eigenvalue weighted by atomic mass is 10.4. The van der Waals surface area contributed by atoms with E-state index in [2.05, 4.69) is 31.4 Å². The molecular weight excluding hydrogens is 175 g/mol. The van der Waals surface area contributed by atoms with Gasteiger partial charge in [0.25, 0.3) is 0 Å². The van der Waals surface area contributed by atoms with Crippen molar-refractivity contribution in [1.29, 1.82) is 0 Å². The first-order chi connectivity index (χ1) is 4.22. The molecule has 0 bridgehead atoms. The number of rotatable bonds is 3. The smallest absolute Gasteiger partial charge is 0.316 e. The maximum absolute atomic E-state index is 4.87. The molecule has 0 aromatic carbocycles. The molecule has 0 saturated carbocycles. The quantitative estimate of drug-likeness (QED) is 0.401. The summed E-state index contributed by atoms with van der Waals surface area (Å²) in [6.07, 6.45) is 1.13. The summed E-state index contributed by atoms with van der Waals surface area (Å²) >= 11 is 8.94. The van der Waals surface area contributed by atoms with Gasteiger partial charge >= 0.3 is 23.1 Å². The summed E-state index contributed by atoms with van der Waals surface area (Å²) in [5.41, 5.74) is 0. The molecule has 0 aliphatic rings. The predicted octanol–water partition coefficient (Wildman–Crippen LogP) is 1.02. The van der Waals surface area contributed by atoms with Crippen LogP contribution in [-0.2, 0) is 0 Å². The van der Waals surface area contributed by atoms with Crippen molar-refractivity contribution < 1.29 is 0 Å². The van der Waals surface area contributed by atoms with Crippen LogP contribution in [-0.4, -0.2) is 45.4 Å². The molecule has 0 rings (SSSR count). The first kappa shape index (κ1) is 13.6. The van der Waals surface area contributed by atoms with Crippen LogP contribution in [0.5, 0.6) is 0 Å². The topological polar surface area (TPSA) is 3.24 Å². The highest BCUT2D eigenvalue weighted by Crippen LogP contribution is 1.96. The Morgan fingerprint density at radius 1 is 1.50 bits per heavy atom. The highest BCUT2D eigenvalue weighted by atomic mass is 32.1. The van der Waals surface area contributed by atoms with Gasteiger partial charge in [0.15, 0.2) is 0 Å². The molecule has 58 valence electrons. The fourth-order valence-electron chi connectivity index (χ4n) is 0.659. The van der Waals surface area contributed by atoms with E-state index in [9.17, 15) is 0 Å². The van der Waals surface area contributed by atoms with Gasteiger partial charge in [-0.3, -0.25) is 0 Å². The van der Waals surface area contributed by atoms with Crippen LogP contribution in [0.15, 0.2) is 0 Å². The van der Waals surface area contributed by atoms with E-state index in [0.717, 1.165) is 19.5 Å². The highest BCUT2D eigenvalue weighted by molar-refractivity contribution is 8.10. The summed E-state index contributed by atoms with van der Waals surface area (Å²) in [4.78, 5) is 2.07. The zero-order chi connectivity index (χ0) is 7.28. The molecule has 0 aromatic heterocycles. The van der Waals surface area contributed by atoms with Gasteiger partial charge in [0.1, 0.15) is 4.32 Å². The van der Waals surface area contributed by atoms with Gasteiger partial charge < -0.3 is 4.90 Å². The van der Waals surface area contributed by atoms with Gasteiger partial charge in [0, 0.05) is 13.1 Å². The summed E-state index contributed by atoms with van der Waals surface area (Å²) < 4.78 is 0.708. The van der Waals surface area contributed by atoms with Gasteiger partial charge in [0.05, 0.1) is 0 Å². The van der Waals surface area contributed by atoms with Crippen molar-refractivity contribution in [3.8, 4) is 0 Å². The monoisotopic (exact) mass is 189 g/mol. The molecule has 4 heteroatoms. The van der Waals surface area contributed by atoms with Gasteiger partial charge in [-0.15, -0.1) is 12.6 Å². The molecule has 0 saturated heterocycles. The van der Waals surface area contributed by atoms with Crippen LogP contribution < -0.4 is 0 Å². The third kappa shape index (κ3) is 5.77. The van der Waals surface area contributed by atoms with Crippen molar-refractivity contribution in [2.24, 2.45) is 0 Å². The van der Waals surface area contributed by atoms with E-state index < -0.39 is 0 Å². The number of hydrogen-bond acceptors (Lipinski definition) is 1. The molecule has 1 nitrogen and oxygen atoms in total. The van der Waals surface area contributed by atoms with Crippen LogP contribution in [0.1, 0.15) is 20.3 Å². The maximum atomic E-state index is 4.87. The van der Waals surface area contributed by atoms with Crippen LogP contribution in [0.4, 0.5) is 0 Å². The summed E-state index contributed by atoms with van der Waals surface area (Å²) in [6.45, 7) is 6.21. The molecule has 0 aliphatic heterocycles. The standard InChI is InChI=1S/C6H13NS2.Mg.2H/c1-3-5-7(4-2)6(8)9;;;/h3-5H2,1-2H3,(H,8,9);;;. The van der Waals surface area contributed by atoms with Crippen LogP contribution >= 0.6 is 24.8 Å². The van der Waals surface area contributed by atoms with E-state index in [1.807, 2.05) is 0 Å². The average Bonchev–Trinajstić information content (AvgIpc) is 1.82. The minimum absolute atomic E-state index is 0. The normalized spacial score (nSPS) is 8.30. The molecular formula is C6H15MgNS2. The molecule has 0 amide bonds. The van der Waals surface area contributed by atoms with Gasteiger partial charge in [-0.05, 0) is 13.3 Å². The molecule has 0 heterocycles. The Kier molecular flexibility index (Phi) is 11.0. The van der Waals surface area contributed by atoms with Gasteiger partial charge in [-0.1, -0.05) is 19.1 Å². The van der Waals surface area contributed by atoms with Crippen molar-refractivity contribution in [2.45, 2.75) is 20.3 Å². The second kappa shape index (κ2) is 8.11. The largest absolute Gasteiger partial charge is 0.358 e. The minimum Gasteiger partial charge on any atom is -0.358 e. The second-order valence-corrected chi connectivity index (χ2v) is 2.98. The predicted molar refractivity (Wildman–Crippen MR) is 57.7 cm³/mol. The zero-order valence-corrected chi connectivity index (χ0v) is 7.63. The van der Waals surface area contributed by atoms with Crippen molar-refractivity contribution in [3.63, 3.8) is 0 Å². The fraction of sp³-hybridized carbons (Fsp3) is 0.833. The molecule has 0 aromatic rings. The molecule has 10 heavy (non-hydrogen) atoms. The summed E-state index contributed by atoms with van der Waals surface area (Å²) in [7, 11) is 0. The Hall–Kier alpha value is 1.01. The second-order valence-electron chi connectivity index (χ2n) is 1.86. The van der Waals surface area contributed by atoms with Crippen molar-refractivity contribution in [3.05, 3.63) is 0 Å². The zero-order valence-electron chi connectivity index (χ0n) is 5.92. The van der Waals surface area contributed by atoms with Gasteiger partial charge in [-0.2, -0.15) is 0 Å². The Labute approximate surface area is 90.1 Å². The van der Waals surface area contributed by atoms with Gasteiger partial charge in [0.2, 0.25) is 0 Å². The SMILES string of the molecule is CCCN(CC)C(=S)S.[MgH2]. The molecule has 0 spiro atoms. The van der Waals surface area contributed by atoms with Crippen LogP contribution in [0, 0.1) is 0 Å². The van der Waals surface area contributed by atoms with E-state index in [4.69, 9.17) is 12.2 Å². The summed E-state index contributed by atoms with van der Waals surface area (Å²) in [5, 5.41) is 0. The first-order valence-corrected chi connectivity index (χ1v) is 4.05. The Morgan fingerprint density at radius 2 is 2.00 bits per heavy atom. The number of hydrogen-bond donors (Lipinski definition) is 1. The van der Waals surface area contributed by atoms with E-state index in [1.165, 1.54) is 0 Å². The minimum atomic E-state index is 0. The van der Waals surface area contributed by atoms with Crippen molar-refractivity contribution >= 4 is 52.2 Å². The first-order valence-electron chi connectivity index (χ1n) is 3.20. The van der Waals surface area contributed by atoms with Crippen LogP contribution in [0.25, 0.3) is 0 Å². The van der Waals surface area contributed by atoms with Crippen LogP contribution in [0.2, 0.25) is 0 Å². The van der Waals surface area contributed by atoms with E-state index in [-0.39, 0.29) is 23.1 Å². The molecule has 0 radical (unpaired) electrons. The van der Waals surface area contributed by atoms with E-state index in [1.54, 1.807) is 0 Å². The Morgan fingerprint density at radius 3 is 2.10 bits per heavy atom. The van der Waals surface area contributed by atoms with E-state index in [0.29, 0.717) is 4.32 Å². The lowest BCUT2D eigenvalue weighted by Gasteiger charge is -2.18. The number of nitrogens with zero attached hydrogens (tertiary/aromatic N) is 1. The molecule has 0 N–H and O–H groups in total. The van der Waals surface area contributed by atoms with Gasteiger partial charge in [-0.25, -0.2) is 0 Å². The summed E-state index contributed by atoms with van der Waals surface area (Å²) in [6, 6.07) is 0. The third-order valence-electron chi connectivity index (χ3n) is 1.15. The highest BCUT2D eigenvalue weighted by Gasteiger charge is 1.98.